The van der Waals surface area contributed by atoms with Gasteiger partial charge in [-0.3, -0.25) is 14.3 Å². The third kappa shape index (κ3) is 6.70. The van der Waals surface area contributed by atoms with Crippen LogP contribution < -0.4 is 14.8 Å². The number of hydrogen-bond acceptors (Lipinski definition) is 7. The average molecular weight is 531 g/mol. The SMILES string of the molecule is CCOc1cccc(OC2=CC(=O)N([C@@H](CC(C)C)C(=O)Nc3ccn(C[C@@H]4COC(C)(C)O4)n3)C2)c1F. The van der Waals surface area contributed by atoms with E-state index in [2.05, 4.69) is 10.4 Å². The number of anilines is 1. The van der Waals surface area contributed by atoms with Gasteiger partial charge in [-0.25, -0.2) is 0 Å². The van der Waals surface area contributed by atoms with E-state index in [1.807, 2.05) is 27.7 Å². The molecular weight excluding hydrogens is 495 g/mol. The molecule has 10 nitrogen and oxygen atoms in total. The minimum Gasteiger partial charge on any atom is -0.491 e. The second-order valence-electron chi connectivity index (χ2n) is 10.2. The molecule has 206 valence electrons. The molecule has 11 heteroatoms. The Balaban J connectivity index is 1.40. The normalized spacial score (nSPS) is 19.6. The van der Waals surface area contributed by atoms with Gasteiger partial charge in [0.1, 0.15) is 17.9 Å². The molecule has 1 aromatic heterocycles. The molecule has 0 radical (unpaired) electrons. The summed E-state index contributed by atoms with van der Waals surface area (Å²) in [6.45, 7) is 10.7. The second kappa shape index (κ2) is 11.5. The van der Waals surface area contributed by atoms with E-state index >= 15 is 0 Å². The Morgan fingerprint density at radius 2 is 2.05 bits per heavy atom. The standard InChI is InChI=1S/C27H35FN4O6/c1-6-35-21-8-7-9-22(25(21)28)37-18-13-24(33)32(15-18)20(12-17(2)3)26(34)29-23-10-11-31(30-23)14-19-16-36-27(4,5)38-19/h7-11,13,17,19-20H,6,12,14-16H2,1-5H3,(H,29,30,34)/t19-,20+/m1/s1. The largest absolute Gasteiger partial charge is 0.491 e. The Labute approximate surface area is 221 Å². The number of carbonyl (C=O) groups is 2. The number of nitrogens with one attached hydrogen (secondary N) is 1. The van der Waals surface area contributed by atoms with Crippen molar-refractivity contribution < 1.29 is 32.9 Å². The van der Waals surface area contributed by atoms with Gasteiger partial charge in [0.05, 0.1) is 26.3 Å². The lowest BCUT2D eigenvalue weighted by Gasteiger charge is -2.28. The van der Waals surface area contributed by atoms with Crippen LogP contribution >= 0.6 is 0 Å². The number of rotatable bonds is 11. The molecule has 2 aliphatic heterocycles. The van der Waals surface area contributed by atoms with Gasteiger partial charge in [-0.05, 0) is 45.2 Å². The van der Waals surface area contributed by atoms with Gasteiger partial charge < -0.3 is 29.2 Å². The average Bonchev–Trinajstić information content (AvgIpc) is 3.53. The Bertz CT molecular complexity index is 1190. The maximum Gasteiger partial charge on any atom is 0.251 e. The van der Waals surface area contributed by atoms with E-state index in [0.29, 0.717) is 32.0 Å². The summed E-state index contributed by atoms with van der Waals surface area (Å²) in [5.74, 6) is -1.26. The maximum atomic E-state index is 14.7. The number of halogens is 1. The number of amides is 2. The van der Waals surface area contributed by atoms with Crippen LogP contribution in [0.15, 0.2) is 42.3 Å². The van der Waals surface area contributed by atoms with Gasteiger partial charge in [-0.2, -0.15) is 9.49 Å². The fourth-order valence-electron chi connectivity index (χ4n) is 4.44. The zero-order valence-corrected chi connectivity index (χ0v) is 22.4. The van der Waals surface area contributed by atoms with Gasteiger partial charge in [0.2, 0.25) is 11.7 Å². The first-order chi connectivity index (χ1) is 18.0. The zero-order chi connectivity index (χ0) is 27.4. The summed E-state index contributed by atoms with van der Waals surface area (Å²) in [6, 6.07) is 5.50. The zero-order valence-electron chi connectivity index (χ0n) is 22.4. The van der Waals surface area contributed by atoms with Crippen LogP contribution in [0.4, 0.5) is 10.2 Å². The molecule has 1 saturated heterocycles. The molecule has 1 fully saturated rings. The van der Waals surface area contributed by atoms with Gasteiger partial charge in [0.15, 0.2) is 23.1 Å². The summed E-state index contributed by atoms with van der Waals surface area (Å²) >= 11 is 0. The summed E-state index contributed by atoms with van der Waals surface area (Å²) in [5.41, 5.74) is 0. The van der Waals surface area contributed by atoms with E-state index in [-0.39, 0.29) is 47.6 Å². The number of carbonyl (C=O) groups excluding carboxylic acids is 2. The van der Waals surface area contributed by atoms with E-state index < -0.39 is 17.6 Å². The lowest BCUT2D eigenvalue weighted by atomic mass is 10.0. The van der Waals surface area contributed by atoms with E-state index in [0.717, 1.165) is 0 Å². The molecule has 2 aromatic rings. The predicted molar refractivity (Wildman–Crippen MR) is 137 cm³/mol. The number of nitrogens with zero attached hydrogens (tertiary/aromatic N) is 3. The predicted octanol–water partition coefficient (Wildman–Crippen LogP) is 3.73. The quantitative estimate of drug-likeness (QED) is 0.472. The van der Waals surface area contributed by atoms with Crippen molar-refractivity contribution >= 4 is 17.6 Å². The smallest absolute Gasteiger partial charge is 0.251 e. The Hall–Kier alpha value is -3.44. The summed E-state index contributed by atoms with van der Waals surface area (Å²) in [7, 11) is 0. The Morgan fingerprint density at radius 1 is 1.29 bits per heavy atom. The van der Waals surface area contributed by atoms with Crippen LogP contribution in [-0.4, -0.2) is 64.2 Å². The molecular formula is C27H35FN4O6. The van der Waals surface area contributed by atoms with Crippen molar-refractivity contribution in [3.63, 3.8) is 0 Å². The molecule has 38 heavy (non-hydrogen) atoms. The molecule has 1 aromatic carbocycles. The topological polar surface area (TPSA) is 104 Å². The molecule has 0 bridgehead atoms. The Kier molecular flexibility index (Phi) is 8.37. The van der Waals surface area contributed by atoms with Crippen LogP contribution in [0.5, 0.6) is 11.5 Å². The Morgan fingerprint density at radius 3 is 2.74 bits per heavy atom. The van der Waals surface area contributed by atoms with Crippen LogP contribution in [0.25, 0.3) is 0 Å². The van der Waals surface area contributed by atoms with E-state index in [4.69, 9.17) is 18.9 Å². The van der Waals surface area contributed by atoms with Crippen molar-refractivity contribution in [2.75, 3.05) is 25.1 Å². The fourth-order valence-corrected chi connectivity index (χ4v) is 4.44. The molecule has 0 aliphatic carbocycles. The minimum absolute atomic E-state index is 0.0329. The molecule has 4 rings (SSSR count). The van der Waals surface area contributed by atoms with Crippen LogP contribution in [0.1, 0.15) is 41.0 Å². The lowest BCUT2D eigenvalue weighted by Crippen LogP contribution is -2.46. The van der Waals surface area contributed by atoms with Crippen molar-refractivity contribution in [2.24, 2.45) is 5.92 Å². The van der Waals surface area contributed by atoms with Crippen molar-refractivity contribution in [3.05, 3.63) is 48.1 Å². The van der Waals surface area contributed by atoms with E-state index in [1.54, 1.807) is 29.9 Å². The van der Waals surface area contributed by atoms with Crippen molar-refractivity contribution in [2.45, 2.75) is 65.5 Å². The first-order valence-electron chi connectivity index (χ1n) is 12.8. The molecule has 0 saturated carbocycles. The highest BCUT2D eigenvalue weighted by atomic mass is 19.1. The van der Waals surface area contributed by atoms with E-state index in [1.165, 1.54) is 23.1 Å². The van der Waals surface area contributed by atoms with Crippen molar-refractivity contribution in [3.8, 4) is 11.5 Å². The van der Waals surface area contributed by atoms with Gasteiger partial charge in [0, 0.05) is 18.3 Å². The molecule has 2 atom stereocenters. The van der Waals surface area contributed by atoms with Crippen molar-refractivity contribution in [1.29, 1.82) is 0 Å². The molecule has 3 heterocycles. The third-order valence-corrected chi connectivity index (χ3v) is 6.09. The van der Waals surface area contributed by atoms with Crippen LogP contribution in [0.3, 0.4) is 0 Å². The molecule has 2 aliphatic rings. The summed E-state index contributed by atoms with van der Waals surface area (Å²) in [6.07, 6.45) is 3.32. The number of benzene rings is 1. The molecule has 2 amide bonds. The highest BCUT2D eigenvalue weighted by Gasteiger charge is 2.36. The third-order valence-electron chi connectivity index (χ3n) is 6.09. The first-order valence-corrected chi connectivity index (χ1v) is 12.8. The molecule has 0 unspecified atom stereocenters. The van der Waals surface area contributed by atoms with Gasteiger partial charge in [0.25, 0.3) is 5.91 Å². The number of aromatic nitrogens is 2. The summed E-state index contributed by atoms with van der Waals surface area (Å²) in [4.78, 5) is 27.6. The van der Waals surface area contributed by atoms with Crippen LogP contribution in [-0.2, 0) is 25.6 Å². The number of ether oxygens (including phenoxy) is 4. The first kappa shape index (κ1) is 27.6. The van der Waals surface area contributed by atoms with E-state index in [9.17, 15) is 14.0 Å². The van der Waals surface area contributed by atoms with Crippen molar-refractivity contribution in [1.82, 2.24) is 14.7 Å². The maximum absolute atomic E-state index is 14.7. The van der Waals surface area contributed by atoms with Gasteiger partial charge in [-0.15, -0.1) is 0 Å². The van der Waals surface area contributed by atoms with Gasteiger partial charge in [-0.1, -0.05) is 19.9 Å². The number of hydrogen-bond donors (Lipinski definition) is 1. The summed E-state index contributed by atoms with van der Waals surface area (Å²) < 4.78 is 38.8. The van der Waals surface area contributed by atoms with Crippen LogP contribution in [0, 0.1) is 11.7 Å². The molecule has 0 spiro atoms. The van der Waals surface area contributed by atoms with Crippen LogP contribution in [0.2, 0.25) is 0 Å². The summed E-state index contributed by atoms with van der Waals surface area (Å²) in [5, 5.41) is 7.25. The molecule has 1 N–H and O–H groups in total. The van der Waals surface area contributed by atoms with Gasteiger partial charge >= 0.3 is 0 Å². The monoisotopic (exact) mass is 530 g/mol. The lowest BCUT2D eigenvalue weighted by molar-refractivity contribution is -0.139. The fraction of sp³-hybridized carbons (Fsp3) is 0.519. The minimum atomic E-state index is -0.767. The highest BCUT2D eigenvalue weighted by Crippen LogP contribution is 2.30. The highest BCUT2D eigenvalue weighted by molar-refractivity contribution is 5.99. The second-order valence-corrected chi connectivity index (χ2v) is 10.2.